The second kappa shape index (κ2) is 10.0. The minimum atomic E-state index is 0.191. The lowest BCUT2D eigenvalue weighted by atomic mass is 10.1. The Morgan fingerprint density at radius 2 is 1.69 bits per heavy atom. The minimum Gasteiger partial charge on any atom is -0.454 e. The first-order valence-corrected chi connectivity index (χ1v) is 9.84. The van der Waals surface area contributed by atoms with Gasteiger partial charge >= 0.3 is 0 Å². The van der Waals surface area contributed by atoms with E-state index >= 15 is 0 Å². The van der Waals surface area contributed by atoms with Gasteiger partial charge in [0.15, 0.2) is 11.5 Å². The van der Waals surface area contributed by atoms with E-state index in [4.69, 9.17) is 9.47 Å². The van der Waals surface area contributed by atoms with Crippen LogP contribution in [0.5, 0.6) is 11.5 Å². The fourth-order valence-electron chi connectivity index (χ4n) is 3.34. The summed E-state index contributed by atoms with van der Waals surface area (Å²) in [6.07, 6.45) is 17.4. The van der Waals surface area contributed by atoms with Crippen molar-refractivity contribution in [2.75, 3.05) is 19.9 Å². The average Bonchev–Trinajstić information content (AvgIpc) is 3.34. The zero-order valence-corrected chi connectivity index (χ0v) is 15.5. The molecule has 0 spiro atoms. The van der Waals surface area contributed by atoms with Crippen molar-refractivity contribution in [2.24, 2.45) is 0 Å². The number of nitrogens with zero attached hydrogens (tertiary/aromatic N) is 1. The van der Waals surface area contributed by atoms with Gasteiger partial charge in [0.2, 0.25) is 12.7 Å². The maximum absolute atomic E-state index is 11.8. The number of hydrogen-bond acceptors (Lipinski definition) is 3. The van der Waals surface area contributed by atoms with E-state index in [2.05, 4.69) is 18.2 Å². The number of ether oxygens (including phenoxy) is 2. The van der Waals surface area contributed by atoms with Crippen LogP contribution < -0.4 is 9.47 Å². The highest BCUT2D eigenvalue weighted by molar-refractivity contribution is 5.87. The van der Waals surface area contributed by atoms with Crippen molar-refractivity contribution in [1.29, 1.82) is 0 Å². The molecule has 0 aliphatic carbocycles. The van der Waals surface area contributed by atoms with Gasteiger partial charge in [0.25, 0.3) is 0 Å². The Morgan fingerprint density at radius 3 is 2.50 bits per heavy atom. The Kier molecular flexibility index (Phi) is 7.17. The number of likely N-dealkylation sites (tertiary alicyclic amines) is 1. The summed E-state index contributed by atoms with van der Waals surface area (Å²) in [7, 11) is 0. The maximum atomic E-state index is 11.8. The maximum Gasteiger partial charge on any atom is 0.246 e. The molecule has 1 fully saturated rings. The topological polar surface area (TPSA) is 38.8 Å². The van der Waals surface area contributed by atoms with E-state index in [9.17, 15) is 4.79 Å². The lowest BCUT2D eigenvalue weighted by Crippen LogP contribution is -2.25. The van der Waals surface area contributed by atoms with Gasteiger partial charge in [-0.15, -0.1) is 0 Å². The second-order valence-electron chi connectivity index (χ2n) is 6.94. The summed E-state index contributed by atoms with van der Waals surface area (Å²) in [6, 6.07) is 6.04. The van der Waals surface area contributed by atoms with E-state index in [-0.39, 0.29) is 5.91 Å². The molecule has 0 radical (unpaired) electrons. The minimum absolute atomic E-state index is 0.191. The first-order chi connectivity index (χ1) is 12.8. The fraction of sp³-hybridized carbons (Fsp3) is 0.500. The van der Waals surface area contributed by atoms with E-state index < -0.39 is 0 Å². The lowest BCUT2D eigenvalue weighted by molar-refractivity contribution is -0.125. The van der Waals surface area contributed by atoms with Crippen LogP contribution in [0.25, 0.3) is 6.08 Å². The average molecular weight is 355 g/mol. The van der Waals surface area contributed by atoms with Crippen molar-refractivity contribution in [2.45, 2.75) is 51.4 Å². The van der Waals surface area contributed by atoms with Gasteiger partial charge in [-0.05, 0) is 62.3 Å². The highest BCUT2D eigenvalue weighted by Crippen LogP contribution is 2.32. The Hall–Kier alpha value is -2.23. The number of amides is 1. The molecule has 4 nitrogen and oxygen atoms in total. The molecule has 2 heterocycles. The first kappa shape index (κ1) is 18.6. The molecule has 1 saturated heterocycles. The molecule has 140 valence electrons. The molecule has 0 bridgehead atoms. The summed E-state index contributed by atoms with van der Waals surface area (Å²) in [5.74, 6) is 1.86. The second-order valence-corrected chi connectivity index (χ2v) is 6.94. The molecule has 3 rings (SSSR count). The largest absolute Gasteiger partial charge is 0.454 e. The smallest absolute Gasteiger partial charge is 0.246 e. The molecule has 4 heteroatoms. The summed E-state index contributed by atoms with van der Waals surface area (Å²) < 4.78 is 10.7. The van der Waals surface area contributed by atoms with E-state index in [0.717, 1.165) is 62.3 Å². The van der Waals surface area contributed by atoms with Gasteiger partial charge < -0.3 is 14.4 Å². The third-order valence-corrected chi connectivity index (χ3v) is 4.88. The number of benzene rings is 1. The number of fused-ring (bicyclic) bond motifs is 1. The van der Waals surface area contributed by atoms with Crippen LogP contribution >= 0.6 is 0 Å². The highest BCUT2D eigenvalue weighted by Gasteiger charge is 2.14. The van der Waals surface area contributed by atoms with Gasteiger partial charge in [0, 0.05) is 13.1 Å². The molecule has 2 aliphatic rings. The molecule has 0 aromatic heterocycles. The third-order valence-electron chi connectivity index (χ3n) is 4.88. The molecule has 1 aromatic rings. The lowest BCUT2D eigenvalue weighted by Gasteiger charge is -2.11. The quantitative estimate of drug-likeness (QED) is 0.465. The SMILES string of the molecule is O=C(/C=C/CCCCCC/C=C/c1ccc2c(c1)OCO2)N1CCCC1. The molecule has 26 heavy (non-hydrogen) atoms. The van der Waals surface area contributed by atoms with Gasteiger partial charge in [-0.1, -0.05) is 37.1 Å². The van der Waals surface area contributed by atoms with Crippen LogP contribution in [0.3, 0.4) is 0 Å². The number of carbonyl (C=O) groups is 1. The van der Waals surface area contributed by atoms with Crippen molar-refractivity contribution >= 4 is 12.0 Å². The zero-order chi connectivity index (χ0) is 18.0. The summed E-state index contributed by atoms with van der Waals surface area (Å²) >= 11 is 0. The van der Waals surface area contributed by atoms with Crippen molar-refractivity contribution in [3.8, 4) is 11.5 Å². The van der Waals surface area contributed by atoms with Gasteiger partial charge in [-0.25, -0.2) is 0 Å². The van der Waals surface area contributed by atoms with Crippen molar-refractivity contribution in [3.63, 3.8) is 0 Å². The van der Waals surface area contributed by atoms with Crippen molar-refractivity contribution in [1.82, 2.24) is 4.90 Å². The van der Waals surface area contributed by atoms with Gasteiger partial charge in [-0.3, -0.25) is 4.79 Å². The van der Waals surface area contributed by atoms with Crippen molar-refractivity contribution in [3.05, 3.63) is 42.0 Å². The van der Waals surface area contributed by atoms with E-state index in [1.54, 1.807) is 6.08 Å². The number of rotatable bonds is 9. The summed E-state index contributed by atoms with van der Waals surface area (Å²) in [6.45, 7) is 2.19. The molecular formula is C22H29NO3. The van der Waals surface area contributed by atoms with Gasteiger partial charge in [0.05, 0.1) is 0 Å². The van der Waals surface area contributed by atoms with Crippen LogP contribution in [-0.4, -0.2) is 30.7 Å². The van der Waals surface area contributed by atoms with Gasteiger partial charge in [0.1, 0.15) is 0 Å². The van der Waals surface area contributed by atoms with E-state index in [1.807, 2.05) is 23.1 Å². The number of hydrogen-bond donors (Lipinski definition) is 0. The molecule has 0 atom stereocenters. The van der Waals surface area contributed by atoms with Crippen molar-refractivity contribution < 1.29 is 14.3 Å². The first-order valence-electron chi connectivity index (χ1n) is 9.84. The Balaban J connectivity index is 1.22. The zero-order valence-electron chi connectivity index (χ0n) is 15.5. The van der Waals surface area contributed by atoms with Crippen LogP contribution in [0, 0.1) is 0 Å². The van der Waals surface area contributed by atoms with Crippen LogP contribution in [0.2, 0.25) is 0 Å². The fourth-order valence-corrected chi connectivity index (χ4v) is 3.34. The Morgan fingerprint density at radius 1 is 0.962 bits per heavy atom. The van der Waals surface area contributed by atoms with Crippen LogP contribution in [0.15, 0.2) is 36.4 Å². The van der Waals surface area contributed by atoms with E-state index in [0.29, 0.717) is 6.79 Å². The number of unbranched alkanes of at least 4 members (excludes halogenated alkanes) is 5. The van der Waals surface area contributed by atoms with E-state index in [1.165, 1.54) is 19.3 Å². The molecular weight excluding hydrogens is 326 g/mol. The predicted molar refractivity (Wildman–Crippen MR) is 104 cm³/mol. The number of allylic oxidation sites excluding steroid dienone is 2. The molecule has 0 unspecified atom stereocenters. The Bertz CT molecular complexity index is 645. The third kappa shape index (κ3) is 5.65. The molecule has 1 amide bonds. The van der Waals surface area contributed by atoms with Gasteiger partial charge in [-0.2, -0.15) is 0 Å². The molecule has 0 saturated carbocycles. The Labute approximate surface area is 156 Å². The normalized spacial score (nSPS) is 16.2. The summed E-state index contributed by atoms with van der Waals surface area (Å²) in [4.78, 5) is 13.8. The van der Waals surface area contributed by atoms with Crippen LogP contribution in [-0.2, 0) is 4.79 Å². The molecule has 0 N–H and O–H groups in total. The number of carbonyl (C=O) groups excluding carboxylic acids is 1. The standard InChI is InChI=1S/C22H29NO3/c24-22(23-15-9-10-16-23)12-8-6-4-2-1-3-5-7-11-19-13-14-20-21(17-19)26-18-25-20/h7-8,11-14,17H,1-6,9-10,15-16,18H2/b11-7+,12-8+. The molecule has 2 aliphatic heterocycles. The monoisotopic (exact) mass is 355 g/mol. The molecule has 1 aromatic carbocycles. The van der Waals surface area contributed by atoms with Crippen LogP contribution in [0.1, 0.15) is 56.9 Å². The summed E-state index contributed by atoms with van der Waals surface area (Å²) in [5.41, 5.74) is 1.15. The predicted octanol–water partition coefficient (Wildman–Crippen LogP) is 4.95. The highest BCUT2D eigenvalue weighted by atomic mass is 16.7. The summed E-state index contributed by atoms with van der Waals surface area (Å²) in [5, 5.41) is 0. The van der Waals surface area contributed by atoms with Crippen LogP contribution in [0.4, 0.5) is 0 Å².